The molecule has 0 radical (unpaired) electrons. The zero-order valence-corrected chi connectivity index (χ0v) is 19.6. The summed E-state index contributed by atoms with van der Waals surface area (Å²) < 4.78 is 0. The number of aryl methyl sites for hydroxylation is 1. The fourth-order valence-electron chi connectivity index (χ4n) is 2.97. The number of nitrogens with one attached hydrogen (secondary N) is 2. The highest BCUT2D eigenvalue weighted by atomic mass is 35.5. The Bertz CT molecular complexity index is 1420. The lowest BCUT2D eigenvalue weighted by Gasteiger charge is -2.06. The van der Waals surface area contributed by atoms with E-state index in [1.807, 2.05) is 25.1 Å². The van der Waals surface area contributed by atoms with E-state index >= 15 is 0 Å². The van der Waals surface area contributed by atoms with Gasteiger partial charge in [0.25, 0.3) is 5.56 Å². The molecule has 0 spiro atoms. The number of hydrogen-bond donors (Lipinski definition) is 2. The summed E-state index contributed by atoms with van der Waals surface area (Å²) in [5.74, 6) is -0.233. The van der Waals surface area contributed by atoms with E-state index in [-0.39, 0.29) is 17.2 Å². The van der Waals surface area contributed by atoms with E-state index in [9.17, 15) is 9.59 Å². The van der Waals surface area contributed by atoms with E-state index in [0.717, 1.165) is 32.9 Å². The standard InChI is InChI=1S/C23H16ClN5O2S2/c1-13-21(33-22(26-13)15-5-7-16(24)8-6-15)18-10-19(30)29-23(28-18)32-12-20(31)27-17-4-2-3-14(9-17)11-25/h2-10H,12H2,1H3,(H,27,31)(H,28,29,30). The molecule has 0 aliphatic carbocycles. The fraction of sp³-hybridized carbons (Fsp3) is 0.0870. The number of thiazole rings is 1. The topological polar surface area (TPSA) is 112 Å². The molecule has 1 amide bonds. The van der Waals surface area contributed by atoms with E-state index in [4.69, 9.17) is 16.9 Å². The molecule has 2 heterocycles. The fourth-order valence-corrected chi connectivity index (χ4v) is 4.80. The Hall–Kier alpha value is -3.45. The van der Waals surface area contributed by atoms with Crippen molar-refractivity contribution < 1.29 is 4.79 Å². The molecule has 2 aromatic heterocycles. The van der Waals surface area contributed by atoms with Crippen molar-refractivity contribution in [2.24, 2.45) is 0 Å². The Balaban J connectivity index is 1.50. The molecule has 33 heavy (non-hydrogen) atoms. The molecule has 0 aliphatic heterocycles. The van der Waals surface area contributed by atoms with Crippen LogP contribution < -0.4 is 10.9 Å². The number of nitriles is 1. The summed E-state index contributed by atoms with van der Waals surface area (Å²) in [5, 5.41) is 13.5. The summed E-state index contributed by atoms with van der Waals surface area (Å²) in [6.45, 7) is 1.86. The first-order chi connectivity index (χ1) is 15.9. The van der Waals surface area contributed by atoms with E-state index in [2.05, 4.69) is 20.3 Å². The van der Waals surface area contributed by atoms with Crippen LogP contribution in [0.1, 0.15) is 11.3 Å². The molecule has 4 rings (SSSR count). The smallest absolute Gasteiger partial charge is 0.252 e. The van der Waals surface area contributed by atoms with Gasteiger partial charge in [-0.3, -0.25) is 9.59 Å². The minimum absolute atomic E-state index is 0.0425. The van der Waals surface area contributed by atoms with Gasteiger partial charge in [-0.1, -0.05) is 41.6 Å². The molecule has 164 valence electrons. The maximum Gasteiger partial charge on any atom is 0.252 e. The predicted molar refractivity (Wildman–Crippen MR) is 132 cm³/mol. The van der Waals surface area contributed by atoms with E-state index in [0.29, 0.717) is 27.1 Å². The third-order valence-corrected chi connectivity index (χ3v) is 6.81. The zero-order chi connectivity index (χ0) is 23.4. The molecule has 0 bridgehead atoms. The van der Waals surface area contributed by atoms with Crippen LogP contribution in [-0.2, 0) is 4.79 Å². The molecule has 4 aromatic rings. The average Bonchev–Trinajstić information content (AvgIpc) is 3.19. The first-order valence-electron chi connectivity index (χ1n) is 9.69. The molecule has 0 aliphatic rings. The molecule has 0 unspecified atom stereocenters. The Labute approximate surface area is 202 Å². The number of carbonyl (C=O) groups is 1. The van der Waals surface area contributed by atoms with Crippen LogP contribution in [-0.4, -0.2) is 26.6 Å². The van der Waals surface area contributed by atoms with Gasteiger partial charge in [-0.2, -0.15) is 5.26 Å². The van der Waals surface area contributed by atoms with Gasteiger partial charge >= 0.3 is 0 Å². The van der Waals surface area contributed by atoms with Gasteiger partial charge in [0, 0.05) is 22.3 Å². The van der Waals surface area contributed by atoms with Gasteiger partial charge in [-0.05, 0) is 37.3 Å². The number of nitrogens with zero attached hydrogens (tertiary/aromatic N) is 3. The summed E-state index contributed by atoms with van der Waals surface area (Å²) in [6, 6.07) is 17.5. The molecule has 2 aromatic carbocycles. The van der Waals surface area contributed by atoms with Gasteiger partial charge in [0.1, 0.15) is 5.01 Å². The van der Waals surface area contributed by atoms with Crippen molar-refractivity contribution in [3.8, 4) is 27.2 Å². The minimum Gasteiger partial charge on any atom is -0.325 e. The number of aromatic amines is 1. The second-order valence-corrected chi connectivity index (χ2v) is 9.31. The number of hydrogen-bond acceptors (Lipinski definition) is 7. The van der Waals surface area contributed by atoms with Crippen LogP contribution >= 0.6 is 34.7 Å². The second-order valence-electron chi connectivity index (χ2n) is 6.91. The van der Waals surface area contributed by atoms with Gasteiger partial charge in [-0.15, -0.1) is 11.3 Å². The number of carbonyl (C=O) groups excluding carboxylic acids is 1. The predicted octanol–water partition coefficient (Wildman–Crippen LogP) is 5.12. The van der Waals surface area contributed by atoms with Crippen LogP contribution in [0.4, 0.5) is 5.69 Å². The number of aromatic nitrogens is 3. The SMILES string of the molecule is Cc1nc(-c2ccc(Cl)cc2)sc1-c1cc(=O)[nH]c(SCC(=O)Nc2cccc(C#N)c2)n1. The summed E-state index contributed by atoms with van der Waals surface area (Å²) in [4.78, 5) is 37.1. The Morgan fingerprint density at radius 2 is 2.00 bits per heavy atom. The highest BCUT2D eigenvalue weighted by molar-refractivity contribution is 7.99. The minimum atomic E-state index is -0.314. The highest BCUT2D eigenvalue weighted by Crippen LogP contribution is 2.34. The average molecular weight is 494 g/mol. The molecule has 2 N–H and O–H groups in total. The van der Waals surface area contributed by atoms with E-state index < -0.39 is 0 Å². The van der Waals surface area contributed by atoms with Crippen LogP contribution in [0.5, 0.6) is 0 Å². The lowest BCUT2D eigenvalue weighted by molar-refractivity contribution is -0.113. The lowest BCUT2D eigenvalue weighted by atomic mass is 10.2. The maximum atomic E-state index is 12.3. The first kappa shape index (κ1) is 22.7. The molecule has 0 saturated carbocycles. The zero-order valence-electron chi connectivity index (χ0n) is 17.3. The molecule has 0 atom stereocenters. The van der Waals surface area contributed by atoms with E-state index in [1.165, 1.54) is 17.4 Å². The number of anilines is 1. The van der Waals surface area contributed by atoms with Crippen LogP contribution in [0.2, 0.25) is 5.02 Å². The molecule has 0 fully saturated rings. The van der Waals surface area contributed by atoms with Crippen LogP contribution in [0, 0.1) is 18.3 Å². The number of H-pyrrole nitrogens is 1. The van der Waals surface area contributed by atoms with Gasteiger partial charge < -0.3 is 10.3 Å². The number of amides is 1. The van der Waals surface area contributed by atoms with E-state index in [1.54, 1.807) is 36.4 Å². The number of benzene rings is 2. The molecule has 7 nitrogen and oxygen atoms in total. The number of rotatable bonds is 6. The largest absolute Gasteiger partial charge is 0.325 e. The van der Waals surface area contributed by atoms with Crippen LogP contribution in [0.25, 0.3) is 21.1 Å². The van der Waals surface area contributed by atoms with Gasteiger partial charge in [-0.25, -0.2) is 9.97 Å². The number of halogens is 1. The molecule has 10 heteroatoms. The van der Waals surface area contributed by atoms with Gasteiger partial charge in [0.05, 0.1) is 33.7 Å². The quantitative estimate of drug-likeness (QED) is 0.284. The third kappa shape index (κ3) is 5.68. The second kappa shape index (κ2) is 10.0. The monoisotopic (exact) mass is 493 g/mol. The Morgan fingerprint density at radius 1 is 1.21 bits per heavy atom. The molecule has 0 saturated heterocycles. The summed E-state index contributed by atoms with van der Waals surface area (Å²) in [5.41, 5.74) is 2.86. The third-order valence-electron chi connectivity index (χ3n) is 4.46. The Kier molecular flexibility index (Phi) is 6.89. The summed E-state index contributed by atoms with van der Waals surface area (Å²) in [6.07, 6.45) is 0. The van der Waals surface area contributed by atoms with Crippen molar-refractivity contribution in [3.05, 3.63) is 81.2 Å². The van der Waals surface area contributed by atoms with Crippen molar-refractivity contribution in [1.82, 2.24) is 15.0 Å². The first-order valence-corrected chi connectivity index (χ1v) is 11.9. The van der Waals surface area contributed by atoms with Gasteiger partial charge in [0.15, 0.2) is 5.16 Å². The van der Waals surface area contributed by atoms with Crippen LogP contribution in [0.15, 0.2) is 64.5 Å². The summed E-state index contributed by atoms with van der Waals surface area (Å²) in [7, 11) is 0. The number of thioether (sulfide) groups is 1. The molecular formula is C23H16ClN5O2S2. The summed E-state index contributed by atoms with van der Waals surface area (Å²) >= 11 is 8.52. The van der Waals surface area contributed by atoms with Crippen molar-refractivity contribution in [2.75, 3.05) is 11.1 Å². The highest BCUT2D eigenvalue weighted by Gasteiger charge is 2.15. The van der Waals surface area contributed by atoms with Crippen LogP contribution in [0.3, 0.4) is 0 Å². The molecular weight excluding hydrogens is 478 g/mol. The van der Waals surface area contributed by atoms with Crippen molar-refractivity contribution in [2.45, 2.75) is 12.1 Å². The van der Waals surface area contributed by atoms with Gasteiger partial charge in [0.2, 0.25) is 5.91 Å². The lowest BCUT2D eigenvalue weighted by Crippen LogP contribution is -2.15. The Morgan fingerprint density at radius 3 is 2.76 bits per heavy atom. The van der Waals surface area contributed by atoms with Crippen molar-refractivity contribution >= 4 is 46.3 Å². The maximum absolute atomic E-state index is 12.3. The van der Waals surface area contributed by atoms with Crippen molar-refractivity contribution in [1.29, 1.82) is 5.26 Å². The normalized spacial score (nSPS) is 10.6. The van der Waals surface area contributed by atoms with Crippen molar-refractivity contribution in [3.63, 3.8) is 0 Å².